The summed E-state index contributed by atoms with van der Waals surface area (Å²) >= 11 is 7.85. The van der Waals surface area contributed by atoms with Crippen molar-refractivity contribution in [1.29, 1.82) is 0 Å². The number of nitrogens with one attached hydrogen (secondary N) is 1. The quantitative estimate of drug-likeness (QED) is 0.301. The van der Waals surface area contributed by atoms with Crippen molar-refractivity contribution in [3.05, 3.63) is 96.0 Å². The molecule has 0 amide bonds. The van der Waals surface area contributed by atoms with Gasteiger partial charge >= 0.3 is 11.9 Å². The zero-order valence-corrected chi connectivity index (χ0v) is 23.3. The fourth-order valence-corrected chi connectivity index (χ4v) is 6.91. The van der Waals surface area contributed by atoms with E-state index in [4.69, 9.17) is 20.9 Å². The Bertz CT molecular complexity index is 1980. The number of rotatable bonds is 5. The largest absolute Gasteiger partial charge is 0.481 e. The number of aromatic nitrogens is 4. The molecule has 216 valence electrons. The molecule has 1 aromatic carbocycles. The maximum atomic E-state index is 12.9. The maximum absolute atomic E-state index is 12.9. The summed E-state index contributed by atoms with van der Waals surface area (Å²) in [6.45, 7) is -0.188. The first-order valence-corrected chi connectivity index (χ1v) is 14.3. The van der Waals surface area contributed by atoms with Crippen LogP contribution >= 0.6 is 22.9 Å². The minimum atomic E-state index is -4.61. The summed E-state index contributed by atoms with van der Waals surface area (Å²) in [5.74, 6) is 1.35. The average Bonchev–Trinajstić information content (AvgIpc) is 3.67. The summed E-state index contributed by atoms with van der Waals surface area (Å²) in [4.78, 5) is 30.2. The molecular weight excluding hydrogens is 595 g/mol. The van der Waals surface area contributed by atoms with Crippen LogP contribution in [0.25, 0.3) is 21.3 Å². The van der Waals surface area contributed by atoms with Gasteiger partial charge in [0.15, 0.2) is 11.9 Å². The molecule has 14 heteroatoms. The van der Waals surface area contributed by atoms with Crippen molar-refractivity contribution in [2.24, 2.45) is 0 Å². The van der Waals surface area contributed by atoms with Gasteiger partial charge in [-0.3, -0.25) is 18.9 Å². The lowest BCUT2D eigenvalue weighted by molar-refractivity contribution is -0.141. The van der Waals surface area contributed by atoms with Crippen molar-refractivity contribution in [2.45, 2.75) is 44.8 Å². The van der Waals surface area contributed by atoms with Crippen molar-refractivity contribution in [3.8, 4) is 16.9 Å². The molecule has 0 aliphatic carbocycles. The SMILES string of the molecule is O=c1ccn(CC(F)(F)F)c(=O)n1Cc1cc2nccc(-c3cc(Cl)cc4c3O[C@H](c3onc5c3CNCC5)C4)c2s1. The summed E-state index contributed by atoms with van der Waals surface area (Å²) in [5, 5.41) is 8.11. The van der Waals surface area contributed by atoms with Gasteiger partial charge in [-0.2, -0.15) is 13.2 Å². The smallest absolute Gasteiger partial charge is 0.406 e. The number of halogens is 4. The molecule has 0 fully saturated rings. The Kier molecular flexibility index (Phi) is 6.48. The van der Waals surface area contributed by atoms with Crippen molar-refractivity contribution in [2.75, 3.05) is 6.54 Å². The number of hydrogen-bond acceptors (Lipinski definition) is 8. The minimum Gasteiger partial charge on any atom is -0.481 e. The molecule has 4 aromatic heterocycles. The second-order valence-electron chi connectivity index (χ2n) is 10.2. The zero-order chi connectivity index (χ0) is 29.2. The summed E-state index contributed by atoms with van der Waals surface area (Å²) < 4.78 is 53.0. The third-order valence-electron chi connectivity index (χ3n) is 7.39. The van der Waals surface area contributed by atoms with Gasteiger partial charge in [-0.05, 0) is 24.3 Å². The molecule has 1 N–H and O–H groups in total. The second-order valence-corrected chi connectivity index (χ2v) is 11.8. The maximum Gasteiger partial charge on any atom is 0.406 e. The van der Waals surface area contributed by atoms with Gasteiger partial charge in [-0.15, -0.1) is 11.3 Å². The van der Waals surface area contributed by atoms with E-state index in [-0.39, 0.29) is 12.6 Å². The third-order valence-corrected chi connectivity index (χ3v) is 8.75. The monoisotopic (exact) mass is 615 g/mol. The molecule has 0 unspecified atom stereocenters. The Morgan fingerprint density at radius 1 is 1.17 bits per heavy atom. The molecule has 2 aliphatic rings. The molecule has 9 nitrogen and oxygen atoms in total. The van der Waals surface area contributed by atoms with Gasteiger partial charge < -0.3 is 14.6 Å². The van der Waals surface area contributed by atoms with Gasteiger partial charge in [0.05, 0.1) is 22.5 Å². The normalized spacial score (nSPS) is 16.4. The summed E-state index contributed by atoms with van der Waals surface area (Å²) in [7, 11) is 0. The summed E-state index contributed by atoms with van der Waals surface area (Å²) in [6.07, 6.45) is -1.14. The van der Waals surface area contributed by atoms with Gasteiger partial charge in [-0.1, -0.05) is 16.8 Å². The fourth-order valence-electron chi connectivity index (χ4n) is 5.54. The number of pyridine rings is 1. The highest BCUT2D eigenvalue weighted by Gasteiger charge is 2.34. The predicted octanol–water partition coefficient (Wildman–Crippen LogP) is 4.86. The van der Waals surface area contributed by atoms with Gasteiger partial charge in [-0.25, -0.2) is 4.79 Å². The average molecular weight is 616 g/mol. The van der Waals surface area contributed by atoms with Crippen LogP contribution in [0.15, 0.2) is 56.8 Å². The Balaban J connectivity index is 1.25. The van der Waals surface area contributed by atoms with Crippen LogP contribution in [0, 0.1) is 0 Å². The van der Waals surface area contributed by atoms with Crippen LogP contribution in [0.3, 0.4) is 0 Å². The van der Waals surface area contributed by atoms with E-state index in [2.05, 4.69) is 15.5 Å². The lowest BCUT2D eigenvalue weighted by Crippen LogP contribution is -2.41. The second kappa shape index (κ2) is 10.1. The first-order chi connectivity index (χ1) is 20.1. The van der Waals surface area contributed by atoms with E-state index < -0.39 is 24.0 Å². The molecule has 0 radical (unpaired) electrons. The molecule has 0 spiro atoms. The van der Waals surface area contributed by atoms with Crippen molar-refractivity contribution in [3.63, 3.8) is 0 Å². The van der Waals surface area contributed by atoms with E-state index in [1.807, 2.05) is 18.2 Å². The Labute approximate surface area is 244 Å². The lowest BCUT2D eigenvalue weighted by atomic mass is 9.99. The highest BCUT2D eigenvalue weighted by atomic mass is 35.5. The van der Waals surface area contributed by atoms with E-state index in [0.29, 0.717) is 44.5 Å². The number of hydrogen-bond donors (Lipinski definition) is 1. The summed E-state index contributed by atoms with van der Waals surface area (Å²) in [5.41, 5.74) is 3.27. The van der Waals surface area contributed by atoms with Crippen LogP contribution in [0.2, 0.25) is 5.02 Å². The van der Waals surface area contributed by atoms with Crippen molar-refractivity contribution >= 4 is 33.2 Å². The van der Waals surface area contributed by atoms with Crippen LogP contribution in [0.4, 0.5) is 13.2 Å². The molecule has 42 heavy (non-hydrogen) atoms. The fraction of sp³-hybridized carbons (Fsp3) is 0.286. The minimum absolute atomic E-state index is 0.201. The zero-order valence-electron chi connectivity index (χ0n) is 21.7. The Morgan fingerprint density at radius 3 is 2.86 bits per heavy atom. The van der Waals surface area contributed by atoms with E-state index in [0.717, 1.165) is 62.4 Å². The number of thiophene rings is 1. The number of alkyl halides is 3. The van der Waals surface area contributed by atoms with Crippen LogP contribution in [0.5, 0.6) is 5.75 Å². The number of fused-ring (bicyclic) bond motifs is 3. The van der Waals surface area contributed by atoms with E-state index in [9.17, 15) is 22.8 Å². The van der Waals surface area contributed by atoms with Crippen LogP contribution in [-0.4, -0.2) is 32.0 Å². The molecule has 5 aromatic rings. The van der Waals surface area contributed by atoms with Crippen molar-refractivity contribution in [1.82, 2.24) is 24.6 Å². The first-order valence-electron chi connectivity index (χ1n) is 13.1. The number of ether oxygens (including phenoxy) is 1. The number of benzene rings is 1. The van der Waals surface area contributed by atoms with E-state index >= 15 is 0 Å². The number of nitrogens with zero attached hydrogens (tertiary/aromatic N) is 4. The Hall–Kier alpha value is -3.94. The predicted molar refractivity (Wildman–Crippen MR) is 149 cm³/mol. The van der Waals surface area contributed by atoms with Gasteiger partial charge in [0.1, 0.15) is 12.3 Å². The van der Waals surface area contributed by atoms with E-state index in [1.54, 1.807) is 12.3 Å². The van der Waals surface area contributed by atoms with E-state index in [1.165, 1.54) is 11.3 Å². The van der Waals surface area contributed by atoms with Crippen LogP contribution in [-0.2, 0) is 32.5 Å². The molecule has 6 heterocycles. The molecular formula is C28H21ClF3N5O4S. The molecule has 0 bridgehead atoms. The van der Waals surface area contributed by atoms with Crippen LogP contribution in [0.1, 0.15) is 33.6 Å². The highest BCUT2D eigenvalue weighted by molar-refractivity contribution is 7.19. The highest BCUT2D eigenvalue weighted by Crippen LogP contribution is 2.48. The summed E-state index contributed by atoms with van der Waals surface area (Å²) in [6, 6.07) is 8.18. The molecule has 0 saturated heterocycles. The van der Waals surface area contributed by atoms with Crippen LogP contribution < -0.4 is 21.3 Å². The topological polar surface area (TPSA) is 104 Å². The lowest BCUT2D eigenvalue weighted by Gasteiger charge is -2.15. The molecule has 0 saturated carbocycles. The molecule has 1 atom stereocenters. The molecule has 2 aliphatic heterocycles. The Morgan fingerprint density at radius 2 is 2.02 bits per heavy atom. The van der Waals surface area contributed by atoms with Gasteiger partial charge in [0, 0.05) is 76.5 Å². The standard InChI is InChI=1S/C28H21ClF3N5O4S/c29-15-7-14-8-22(25-19-11-33-4-2-20(19)35-41-25)40-24(14)18(9-15)17-1-5-34-21-10-16(42-26(17)21)12-37-23(38)3-6-36(27(37)39)13-28(30,31)32/h1,3,5-7,9-10,22,33H,2,4,8,11-13H2/t22-/m0/s1. The van der Waals surface area contributed by atoms with Gasteiger partial charge in [0.2, 0.25) is 0 Å². The molecule has 7 rings (SSSR count). The van der Waals surface area contributed by atoms with Gasteiger partial charge in [0.25, 0.3) is 5.56 Å². The third kappa shape index (κ3) is 4.80. The van der Waals surface area contributed by atoms with Crippen molar-refractivity contribution < 1.29 is 22.4 Å². The first kappa shape index (κ1) is 26.9.